The van der Waals surface area contributed by atoms with E-state index in [4.69, 9.17) is 21.1 Å². The van der Waals surface area contributed by atoms with Gasteiger partial charge in [-0.25, -0.2) is 0 Å². The maximum Gasteiger partial charge on any atom is 0.234 e. The van der Waals surface area contributed by atoms with Crippen LogP contribution < -0.4 is 14.8 Å². The van der Waals surface area contributed by atoms with Gasteiger partial charge in [-0.1, -0.05) is 48.3 Å². The predicted octanol–water partition coefficient (Wildman–Crippen LogP) is 5.46. The van der Waals surface area contributed by atoms with Gasteiger partial charge in [0.1, 0.15) is 0 Å². The van der Waals surface area contributed by atoms with Crippen LogP contribution in [0.1, 0.15) is 31.7 Å². The second kappa shape index (κ2) is 10.3. The monoisotopic (exact) mass is 472 g/mol. The van der Waals surface area contributed by atoms with E-state index in [0.717, 1.165) is 29.4 Å². The Morgan fingerprint density at radius 1 is 1.12 bits per heavy atom. The molecule has 32 heavy (non-hydrogen) atoms. The zero-order valence-electron chi connectivity index (χ0n) is 18.0. The van der Waals surface area contributed by atoms with Crippen molar-refractivity contribution >= 4 is 35.0 Å². The first-order chi connectivity index (χ1) is 15.6. The SMILES string of the molecule is COc1ccc(NC(=O)CSc2nnc(-c3ccccc3Cl)n2C2CCCC2)cc1OC. The molecule has 1 aliphatic rings. The number of carbonyl (C=O) groups is 1. The maximum absolute atomic E-state index is 12.6. The Morgan fingerprint density at radius 3 is 2.59 bits per heavy atom. The summed E-state index contributed by atoms with van der Waals surface area (Å²) >= 11 is 7.82. The van der Waals surface area contributed by atoms with Gasteiger partial charge < -0.3 is 14.8 Å². The van der Waals surface area contributed by atoms with Crippen molar-refractivity contribution in [3.8, 4) is 22.9 Å². The summed E-state index contributed by atoms with van der Waals surface area (Å²) in [6.07, 6.45) is 4.49. The minimum atomic E-state index is -0.137. The first-order valence-electron chi connectivity index (χ1n) is 10.4. The summed E-state index contributed by atoms with van der Waals surface area (Å²) < 4.78 is 12.7. The van der Waals surface area contributed by atoms with Crippen LogP contribution in [0.15, 0.2) is 47.6 Å². The minimum Gasteiger partial charge on any atom is -0.493 e. The quantitative estimate of drug-likeness (QED) is 0.438. The summed E-state index contributed by atoms with van der Waals surface area (Å²) in [7, 11) is 3.13. The Kier molecular flexibility index (Phi) is 7.22. The molecule has 1 aliphatic carbocycles. The molecule has 0 aliphatic heterocycles. The molecule has 0 bridgehead atoms. The Labute approximate surface area is 196 Å². The topological polar surface area (TPSA) is 78.3 Å². The van der Waals surface area contributed by atoms with E-state index in [9.17, 15) is 4.79 Å². The Balaban J connectivity index is 1.51. The van der Waals surface area contributed by atoms with Gasteiger partial charge in [0.15, 0.2) is 22.5 Å². The molecule has 168 valence electrons. The van der Waals surface area contributed by atoms with Gasteiger partial charge in [-0.3, -0.25) is 9.36 Å². The molecule has 1 fully saturated rings. The van der Waals surface area contributed by atoms with Gasteiger partial charge in [0.2, 0.25) is 5.91 Å². The van der Waals surface area contributed by atoms with E-state index in [1.165, 1.54) is 24.6 Å². The van der Waals surface area contributed by atoms with Gasteiger partial charge in [-0.2, -0.15) is 0 Å². The summed E-state index contributed by atoms with van der Waals surface area (Å²) in [5.41, 5.74) is 1.50. The van der Waals surface area contributed by atoms with Gasteiger partial charge in [0, 0.05) is 23.4 Å². The fourth-order valence-corrected chi connectivity index (χ4v) is 4.96. The number of methoxy groups -OCH3 is 2. The van der Waals surface area contributed by atoms with E-state index in [-0.39, 0.29) is 11.7 Å². The van der Waals surface area contributed by atoms with Crippen LogP contribution in [-0.4, -0.2) is 40.6 Å². The van der Waals surface area contributed by atoms with Gasteiger partial charge in [0.25, 0.3) is 0 Å². The highest BCUT2D eigenvalue weighted by Gasteiger charge is 2.26. The molecule has 0 spiro atoms. The highest BCUT2D eigenvalue weighted by atomic mass is 35.5. The van der Waals surface area contributed by atoms with Crippen molar-refractivity contribution in [1.29, 1.82) is 0 Å². The number of thioether (sulfide) groups is 1. The fraction of sp³-hybridized carbons (Fsp3) is 0.348. The van der Waals surface area contributed by atoms with Crippen LogP contribution in [0.4, 0.5) is 5.69 Å². The van der Waals surface area contributed by atoms with Crippen molar-refractivity contribution in [2.75, 3.05) is 25.3 Å². The third kappa shape index (κ3) is 4.86. The third-order valence-corrected chi connectivity index (χ3v) is 6.74. The molecule has 0 unspecified atom stereocenters. The normalized spacial score (nSPS) is 13.8. The average molecular weight is 473 g/mol. The molecule has 2 aromatic carbocycles. The van der Waals surface area contributed by atoms with Crippen LogP contribution in [0.25, 0.3) is 11.4 Å². The molecule has 1 saturated carbocycles. The summed E-state index contributed by atoms with van der Waals surface area (Å²) in [6, 6.07) is 13.2. The summed E-state index contributed by atoms with van der Waals surface area (Å²) in [4.78, 5) is 12.6. The number of ether oxygens (including phenoxy) is 2. The Hall–Kier alpha value is -2.71. The van der Waals surface area contributed by atoms with Crippen LogP contribution in [0.5, 0.6) is 11.5 Å². The molecule has 0 radical (unpaired) electrons. The van der Waals surface area contributed by atoms with E-state index in [0.29, 0.717) is 28.3 Å². The smallest absolute Gasteiger partial charge is 0.234 e. The molecule has 3 aromatic rings. The minimum absolute atomic E-state index is 0.137. The molecule has 4 rings (SSSR count). The van der Waals surface area contributed by atoms with Crippen molar-refractivity contribution in [3.63, 3.8) is 0 Å². The van der Waals surface area contributed by atoms with Gasteiger partial charge in [-0.05, 0) is 37.1 Å². The fourth-order valence-electron chi connectivity index (χ4n) is 3.93. The number of benzene rings is 2. The first kappa shape index (κ1) is 22.5. The van der Waals surface area contributed by atoms with E-state index >= 15 is 0 Å². The van der Waals surface area contributed by atoms with E-state index < -0.39 is 0 Å². The number of nitrogens with zero attached hydrogens (tertiary/aromatic N) is 3. The lowest BCUT2D eigenvalue weighted by Crippen LogP contribution is -2.15. The molecule has 9 heteroatoms. The molecule has 1 N–H and O–H groups in total. The first-order valence-corrected chi connectivity index (χ1v) is 11.8. The molecule has 1 heterocycles. The van der Waals surface area contributed by atoms with Crippen LogP contribution in [0.3, 0.4) is 0 Å². The molecule has 0 atom stereocenters. The number of hydrogen-bond acceptors (Lipinski definition) is 6. The van der Waals surface area contributed by atoms with Crippen molar-refractivity contribution < 1.29 is 14.3 Å². The number of carbonyl (C=O) groups excluding carboxylic acids is 1. The zero-order chi connectivity index (χ0) is 22.5. The molecule has 1 amide bonds. The summed E-state index contributed by atoms with van der Waals surface area (Å²) in [5.74, 6) is 1.99. The summed E-state index contributed by atoms with van der Waals surface area (Å²) in [5, 5.41) is 13.1. The summed E-state index contributed by atoms with van der Waals surface area (Å²) in [6.45, 7) is 0. The predicted molar refractivity (Wildman–Crippen MR) is 127 cm³/mol. The second-order valence-electron chi connectivity index (χ2n) is 7.50. The molecule has 7 nitrogen and oxygen atoms in total. The average Bonchev–Trinajstić information content (AvgIpc) is 3.47. The van der Waals surface area contributed by atoms with Crippen LogP contribution in [-0.2, 0) is 4.79 Å². The lowest BCUT2D eigenvalue weighted by atomic mass is 10.2. The molecule has 1 aromatic heterocycles. The molecular formula is C23H25ClN4O3S. The van der Waals surface area contributed by atoms with Gasteiger partial charge >= 0.3 is 0 Å². The van der Waals surface area contributed by atoms with Crippen molar-refractivity contribution in [2.45, 2.75) is 36.9 Å². The Bertz CT molecular complexity index is 1100. The lowest BCUT2D eigenvalue weighted by Gasteiger charge is -2.17. The largest absolute Gasteiger partial charge is 0.493 e. The van der Waals surface area contributed by atoms with Crippen molar-refractivity contribution in [3.05, 3.63) is 47.5 Å². The zero-order valence-corrected chi connectivity index (χ0v) is 19.6. The lowest BCUT2D eigenvalue weighted by molar-refractivity contribution is -0.113. The van der Waals surface area contributed by atoms with Gasteiger partial charge in [-0.15, -0.1) is 10.2 Å². The molecular weight excluding hydrogens is 448 g/mol. The number of rotatable bonds is 8. The molecule has 0 saturated heterocycles. The highest BCUT2D eigenvalue weighted by molar-refractivity contribution is 7.99. The number of halogens is 1. The number of nitrogens with one attached hydrogen (secondary N) is 1. The Morgan fingerprint density at radius 2 is 1.88 bits per heavy atom. The van der Waals surface area contributed by atoms with Crippen LogP contribution >= 0.6 is 23.4 Å². The van der Waals surface area contributed by atoms with Crippen molar-refractivity contribution in [2.24, 2.45) is 0 Å². The van der Waals surface area contributed by atoms with E-state index in [2.05, 4.69) is 20.1 Å². The third-order valence-electron chi connectivity index (χ3n) is 5.47. The van der Waals surface area contributed by atoms with Crippen LogP contribution in [0.2, 0.25) is 5.02 Å². The van der Waals surface area contributed by atoms with E-state index in [1.807, 2.05) is 24.3 Å². The van der Waals surface area contributed by atoms with E-state index in [1.54, 1.807) is 32.4 Å². The number of aromatic nitrogens is 3. The van der Waals surface area contributed by atoms with Crippen molar-refractivity contribution in [1.82, 2.24) is 14.8 Å². The second-order valence-corrected chi connectivity index (χ2v) is 8.85. The number of hydrogen-bond donors (Lipinski definition) is 1. The maximum atomic E-state index is 12.6. The number of anilines is 1. The van der Waals surface area contributed by atoms with Gasteiger partial charge in [0.05, 0.1) is 25.0 Å². The standard InChI is InChI=1S/C23H25ClN4O3S/c1-30-19-12-11-15(13-20(19)31-2)25-21(29)14-32-23-27-26-22(17-9-5-6-10-18(17)24)28(23)16-7-3-4-8-16/h5-6,9-13,16H,3-4,7-8,14H2,1-2H3,(H,25,29). The number of amides is 1. The van der Waals surface area contributed by atoms with Crippen LogP contribution in [0, 0.1) is 0 Å². The highest BCUT2D eigenvalue weighted by Crippen LogP contribution is 2.38.